The summed E-state index contributed by atoms with van der Waals surface area (Å²) in [5.41, 5.74) is 5.04. The molecule has 1 aliphatic heterocycles. The molecule has 0 saturated heterocycles. The number of Topliss-reactive ketones (excluding diaryl/α,β-unsaturated/α-hetero) is 1. The maximum Gasteiger partial charge on any atom is 0.163 e. The second-order valence-corrected chi connectivity index (χ2v) is 5.70. The van der Waals surface area contributed by atoms with E-state index in [1.807, 2.05) is 36.4 Å². The van der Waals surface area contributed by atoms with Gasteiger partial charge in [-0.25, -0.2) is 0 Å². The first-order valence-corrected chi connectivity index (χ1v) is 7.62. The van der Waals surface area contributed by atoms with E-state index in [0.29, 0.717) is 6.42 Å². The molecule has 2 N–H and O–H groups in total. The van der Waals surface area contributed by atoms with E-state index in [4.69, 9.17) is 0 Å². The lowest BCUT2D eigenvalue weighted by Gasteiger charge is -2.25. The fourth-order valence-corrected chi connectivity index (χ4v) is 3.24. The number of pyridine rings is 1. The van der Waals surface area contributed by atoms with Gasteiger partial charge < -0.3 is 10.6 Å². The van der Waals surface area contributed by atoms with Gasteiger partial charge in [0.1, 0.15) is 0 Å². The van der Waals surface area contributed by atoms with Crippen LogP contribution in [0.15, 0.2) is 60.1 Å². The highest BCUT2D eigenvalue weighted by Crippen LogP contribution is 2.40. The highest BCUT2D eigenvalue weighted by molar-refractivity contribution is 6.00. The average molecular weight is 291 g/mol. The molecule has 1 aromatic heterocycles. The molecule has 0 spiro atoms. The molecule has 0 saturated carbocycles. The van der Waals surface area contributed by atoms with Crippen LogP contribution in [0.4, 0.5) is 11.4 Å². The fraction of sp³-hybridized carbons (Fsp3) is 0.222. The summed E-state index contributed by atoms with van der Waals surface area (Å²) in [6.45, 7) is 0. The highest BCUT2D eigenvalue weighted by Gasteiger charge is 2.31. The van der Waals surface area contributed by atoms with Crippen molar-refractivity contribution in [3.63, 3.8) is 0 Å². The van der Waals surface area contributed by atoms with E-state index in [2.05, 4.69) is 15.6 Å². The Kier molecular flexibility index (Phi) is 3.15. The topological polar surface area (TPSA) is 54.0 Å². The van der Waals surface area contributed by atoms with Crippen LogP contribution in [0.25, 0.3) is 0 Å². The van der Waals surface area contributed by atoms with Crippen molar-refractivity contribution in [3.8, 4) is 0 Å². The second kappa shape index (κ2) is 5.30. The Balaban J connectivity index is 1.88. The lowest BCUT2D eigenvalue weighted by atomic mass is 9.87. The van der Waals surface area contributed by atoms with Crippen molar-refractivity contribution < 1.29 is 4.79 Å². The van der Waals surface area contributed by atoms with E-state index in [9.17, 15) is 4.79 Å². The van der Waals surface area contributed by atoms with Crippen LogP contribution in [0.5, 0.6) is 0 Å². The van der Waals surface area contributed by atoms with Crippen molar-refractivity contribution in [1.29, 1.82) is 0 Å². The van der Waals surface area contributed by atoms with E-state index >= 15 is 0 Å². The summed E-state index contributed by atoms with van der Waals surface area (Å²) < 4.78 is 0. The third-order valence-corrected chi connectivity index (χ3v) is 4.30. The van der Waals surface area contributed by atoms with E-state index < -0.39 is 0 Å². The minimum absolute atomic E-state index is 0.123. The van der Waals surface area contributed by atoms with Gasteiger partial charge in [0.25, 0.3) is 0 Å². The quantitative estimate of drug-likeness (QED) is 0.841. The van der Waals surface area contributed by atoms with Crippen LogP contribution in [0, 0.1) is 0 Å². The molecule has 2 heterocycles. The van der Waals surface area contributed by atoms with Gasteiger partial charge in [-0.05, 0) is 42.7 Å². The van der Waals surface area contributed by atoms with Crippen LogP contribution < -0.4 is 10.6 Å². The summed E-state index contributed by atoms with van der Waals surface area (Å²) in [6.07, 6.45) is 6.00. The normalized spacial score (nSPS) is 20.4. The summed E-state index contributed by atoms with van der Waals surface area (Å²) >= 11 is 0. The minimum Gasteiger partial charge on any atom is -0.372 e. The van der Waals surface area contributed by atoms with Gasteiger partial charge in [-0.15, -0.1) is 0 Å². The molecule has 1 aromatic carbocycles. The average Bonchev–Trinajstić information content (AvgIpc) is 2.73. The Labute approximate surface area is 129 Å². The number of nitrogens with one attached hydrogen (secondary N) is 2. The summed E-state index contributed by atoms with van der Waals surface area (Å²) in [6, 6.07) is 11.9. The molecule has 4 heteroatoms. The Morgan fingerprint density at radius 2 is 1.77 bits per heavy atom. The van der Waals surface area contributed by atoms with Crippen molar-refractivity contribution >= 4 is 17.2 Å². The molecule has 1 atom stereocenters. The number of para-hydroxylation sites is 2. The van der Waals surface area contributed by atoms with E-state index in [-0.39, 0.29) is 11.8 Å². The number of aromatic nitrogens is 1. The number of carbonyl (C=O) groups is 1. The van der Waals surface area contributed by atoms with Crippen molar-refractivity contribution in [2.24, 2.45) is 0 Å². The van der Waals surface area contributed by atoms with E-state index in [0.717, 1.165) is 41.1 Å². The van der Waals surface area contributed by atoms with Crippen LogP contribution in [0.3, 0.4) is 0 Å². The lowest BCUT2D eigenvalue weighted by Crippen LogP contribution is -2.23. The van der Waals surface area contributed by atoms with Crippen molar-refractivity contribution in [2.45, 2.75) is 25.3 Å². The molecule has 0 amide bonds. The third-order valence-electron chi connectivity index (χ3n) is 4.30. The van der Waals surface area contributed by atoms with Crippen molar-refractivity contribution in [3.05, 3.63) is 65.6 Å². The van der Waals surface area contributed by atoms with E-state index in [1.165, 1.54) is 0 Å². The van der Waals surface area contributed by atoms with Crippen LogP contribution in [-0.2, 0) is 4.79 Å². The molecular weight excluding hydrogens is 274 g/mol. The zero-order chi connectivity index (χ0) is 14.9. The molecule has 1 aliphatic carbocycles. The minimum atomic E-state index is -0.123. The zero-order valence-corrected chi connectivity index (χ0v) is 12.2. The second-order valence-electron chi connectivity index (χ2n) is 5.70. The third kappa shape index (κ3) is 2.17. The summed E-state index contributed by atoms with van der Waals surface area (Å²) in [7, 11) is 0. The number of benzene rings is 1. The smallest absolute Gasteiger partial charge is 0.163 e. The number of rotatable bonds is 1. The number of allylic oxidation sites excluding steroid dienone is 1. The number of carbonyl (C=O) groups excluding carboxylic acids is 1. The van der Waals surface area contributed by atoms with Gasteiger partial charge in [0.15, 0.2) is 5.78 Å². The largest absolute Gasteiger partial charge is 0.372 e. The van der Waals surface area contributed by atoms with Gasteiger partial charge in [0.05, 0.1) is 17.4 Å². The lowest BCUT2D eigenvalue weighted by molar-refractivity contribution is -0.116. The van der Waals surface area contributed by atoms with Crippen molar-refractivity contribution in [1.82, 2.24) is 4.98 Å². The molecule has 0 unspecified atom stereocenters. The molecule has 22 heavy (non-hydrogen) atoms. The molecule has 2 aliphatic rings. The first kappa shape index (κ1) is 13.1. The predicted molar refractivity (Wildman–Crippen MR) is 86.5 cm³/mol. The number of fused-ring (bicyclic) bond motifs is 1. The molecule has 110 valence electrons. The fourth-order valence-electron chi connectivity index (χ4n) is 3.24. The zero-order valence-electron chi connectivity index (χ0n) is 12.2. The first-order chi connectivity index (χ1) is 10.8. The maximum absolute atomic E-state index is 12.6. The number of hydrogen-bond donors (Lipinski definition) is 2. The number of nitrogens with zero attached hydrogens (tertiary/aromatic N) is 1. The molecular formula is C18H17N3O. The Morgan fingerprint density at radius 3 is 2.59 bits per heavy atom. The van der Waals surface area contributed by atoms with Crippen LogP contribution in [-0.4, -0.2) is 10.8 Å². The van der Waals surface area contributed by atoms with Crippen LogP contribution in [0.1, 0.15) is 30.9 Å². The van der Waals surface area contributed by atoms with Gasteiger partial charge >= 0.3 is 0 Å². The summed E-state index contributed by atoms with van der Waals surface area (Å²) in [5.74, 6) is 0.232. The summed E-state index contributed by atoms with van der Waals surface area (Å²) in [5, 5.41) is 7.01. The Morgan fingerprint density at radius 1 is 1.00 bits per heavy atom. The summed E-state index contributed by atoms with van der Waals surface area (Å²) in [4.78, 5) is 16.6. The first-order valence-electron chi connectivity index (χ1n) is 7.62. The molecule has 4 nitrogen and oxygen atoms in total. The molecule has 2 aromatic rings. The van der Waals surface area contributed by atoms with Gasteiger partial charge in [0, 0.05) is 30.1 Å². The van der Waals surface area contributed by atoms with Crippen molar-refractivity contribution in [2.75, 3.05) is 10.6 Å². The van der Waals surface area contributed by atoms with E-state index in [1.54, 1.807) is 12.4 Å². The molecule has 0 radical (unpaired) electrons. The highest BCUT2D eigenvalue weighted by atomic mass is 16.1. The standard InChI is InChI=1S/C18H17N3O/c22-16-7-3-6-15-17(16)18(12-8-10-19-11-9-12)21-14-5-2-1-4-13(14)20-15/h1-2,4-5,8-11,18,20-21H,3,6-7H2/t18-/m1/s1. The van der Waals surface area contributed by atoms with Gasteiger partial charge in [-0.2, -0.15) is 0 Å². The Bertz CT molecular complexity index is 752. The SMILES string of the molecule is O=C1CCCC2=C1[C@@H](c1ccncc1)Nc1ccccc1N2. The monoisotopic (exact) mass is 291 g/mol. The number of ketones is 1. The number of anilines is 2. The van der Waals surface area contributed by atoms with Crippen LogP contribution in [0.2, 0.25) is 0 Å². The maximum atomic E-state index is 12.6. The molecule has 4 rings (SSSR count). The molecule has 0 bridgehead atoms. The van der Waals surface area contributed by atoms with Crippen LogP contribution >= 0.6 is 0 Å². The molecule has 0 fully saturated rings. The van der Waals surface area contributed by atoms with Gasteiger partial charge in [-0.3, -0.25) is 9.78 Å². The predicted octanol–water partition coefficient (Wildman–Crippen LogP) is 3.67. The van der Waals surface area contributed by atoms with Gasteiger partial charge in [0.2, 0.25) is 0 Å². The Hall–Kier alpha value is -2.62. The number of hydrogen-bond acceptors (Lipinski definition) is 4. The van der Waals surface area contributed by atoms with Gasteiger partial charge in [-0.1, -0.05) is 12.1 Å².